The fourth-order valence-corrected chi connectivity index (χ4v) is 3.23. The number of halogens is 1. The normalized spacial score (nSPS) is 10.4. The molecule has 0 unspecified atom stereocenters. The molecule has 0 saturated carbocycles. The highest BCUT2D eigenvalue weighted by Crippen LogP contribution is 2.23. The van der Waals surface area contributed by atoms with E-state index in [1.807, 2.05) is 36.4 Å². The molecule has 0 atom stereocenters. The second-order valence-corrected chi connectivity index (χ2v) is 7.83. The molecule has 6 nitrogen and oxygen atoms in total. The van der Waals surface area contributed by atoms with E-state index in [-0.39, 0.29) is 11.9 Å². The molecule has 0 aliphatic carbocycles. The first-order valence-corrected chi connectivity index (χ1v) is 10.7. The average Bonchev–Trinajstić information content (AvgIpc) is 2.84. The SMILES string of the molecule is COc1ccc(Oc2ncc(-c3ccc(C(=O)NCc4ccc(Br)cc4)cc3)cn2)cc1. The zero-order chi connectivity index (χ0) is 22.3. The zero-order valence-electron chi connectivity index (χ0n) is 17.3. The van der Waals surface area contributed by atoms with E-state index in [9.17, 15) is 4.79 Å². The van der Waals surface area contributed by atoms with Gasteiger partial charge < -0.3 is 14.8 Å². The van der Waals surface area contributed by atoms with Crippen LogP contribution in [0.25, 0.3) is 11.1 Å². The molecule has 1 aromatic heterocycles. The van der Waals surface area contributed by atoms with Crippen LogP contribution in [0.15, 0.2) is 89.7 Å². The number of ether oxygens (including phenoxy) is 2. The minimum Gasteiger partial charge on any atom is -0.497 e. The molecular formula is C25H20BrN3O3. The average molecular weight is 490 g/mol. The third kappa shape index (κ3) is 5.50. The molecule has 0 saturated heterocycles. The predicted octanol–water partition coefficient (Wildman–Crippen LogP) is 5.64. The number of benzene rings is 3. The van der Waals surface area contributed by atoms with Crippen molar-refractivity contribution in [1.82, 2.24) is 15.3 Å². The number of hydrogen-bond acceptors (Lipinski definition) is 5. The summed E-state index contributed by atoms with van der Waals surface area (Å²) in [5, 5.41) is 2.93. The van der Waals surface area contributed by atoms with Gasteiger partial charge in [0.15, 0.2) is 0 Å². The van der Waals surface area contributed by atoms with E-state index in [4.69, 9.17) is 9.47 Å². The highest BCUT2D eigenvalue weighted by molar-refractivity contribution is 9.10. The molecule has 160 valence electrons. The number of carbonyl (C=O) groups excluding carboxylic acids is 1. The van der Waals surface area contributed by atoms with Crippen LogP contribution in [0.4, 0.5) is 0 Å². The standard InChI is InChI=1S/C25H20BrN3O3/c1-31-22-10-12-23(13-11-22)32-25-28-15-20(16-29-25)18-4-6-19(7-5-18)24(30)27-14-17-2-8-21(26)9-3-17/h2-13,15-16H,14H2,1H3,(H,27,30). The minimum atomic E-state index is -0.126. The Labute approximate surface area is 194 Å². The summed E-state index contributed by atoms with van der Waals surface area (Å²) in [5.41, 5.74) is 3.36. The second-order valence-electron chi connectivity index (χ2n) is 6.92. The van der Waals surface area contributed by atoms with Crippen LogP contribution in [0.1, 0.15) is 15.9 Å². The van der Waals surface area contributed by atoms with Crippen LogP contribution in [-0.4, -0.2) is 23.0 Å². The van der Waals surface area contributed by atoms with Crippen LogP contribution >= 0.6 is 15.9 Å². The van der Waals surface area contributed by atoms with E-state index in [0.717, 1.165) is 26.9 Å². The summed E-state index contributed by atoms with van der Waals surface area (Å²) in [4.78, 5) is 21.0. The van der Waals surface area contributed by atoms with E-state index in [0.29, 0.717) is 17.9 Å². The van der Waals surface area contributed by atoms with E-state index in [1.54, 1.807) is 55.9 Å². The predicted molar refractivity (Wildman–Crippen MR) is 126 cm³/mol. The number of aromatic nitrogens is 2. The molecule has 1 heterocycles. The van der Waals surface area contributed by atoms with Gasteiger partial charge in [-0.1, -0.05) is 40.2 Å². The summed E-state index contributed by atoms with van der Waals surface area (Å²) in [5.74, 6) is 1.25. The first-order chi connectivity index (χ1) is 15.6. The van der Waals surface area contributed by atoms with Crippen LogP contribution in [0.3, 0.4) is 0 Å². The molecule has 0 bridgehead atoms. The maximum Gasteiger partial charge on any atom is 0.321 e. The second kappa shape index (κ2) is 10.1. The molecule has 0 fully saturated rings. The first kappa shape index (κ1) is 21.5. The van der Waals surface area contributed by atoms with Crippen molar-refractivity contribution in [3.8, 4) is 28.6 Å². The molecule has 0 aliphatic rings. The van der Waals surface area contributed by atoms with E-state index in [1.165, 1.54) is 0 Å². The molecule has 3 aromatic carbocycles. The molecule has 32 heavy (non-hydrogen) atoms. The molecule has 1 N–H and O–H groups in total. The number of hydrogen-bond donors (Lipinski definition) is 1. The van der Waals surface area contributed by atoms with Gasteiger partial charge in [0.1, 0.15) is 11.5 Å². The van der Waals surface area contributed by atoms with Crippen LogP contribution in [0, 0.1) is 0 Å². The topological polar surface area (TPSA) is 73.3 Å². The van der Waals surface area contributed by atoms with E-state index in [2.05, 4.69) is 31.2 Å². The van der Waals surface area contributed by atoms with Crippen molar-refractivity contribution in [2.24, 2.45) is 0 Å². The molecule has 7 heteroatoms. The molecule has 1 amide bonds. The highest BCUT2D eigenvalue weighted by atomic mass is 79.9. The quantitative estimate of drug-likeness (QED) is 0.363. The fourth-order valence-electron chi connectivity index (χ4n) is 2.97. The molecule has 0 spiro atoms. The first-order valence-electron chi connectivity index (χ1n) is 9.88. The van der Waals surface area contributed by atoms with Gasteiger partial charge in [0.05, 0.1) is 7.11 Å². The van der Waals surface area contributed by atoms with Gasteiger partial charge in [0.25, 0.3) is 5.91 Å². The highest BCUT2D eigenvalue weighted by Gasteiger charge is 2.08. The number of rotatable bonds is 7. The lowest BCUT2D eigenvalue weighted by molar-refractivity contribution is 0.0951. The number of carbonyl (C=O) groups is 1. The largest absolute Gasteiger partial charge is 0.497 e. The summed E-state index contributed by atoms with van der Waals surface area (Å²) in [6.07, 6.45) is 3.38. The zero-order valence-corrected chi connectivity index (χ0v) is 18.9. The van der Waals surface area contributed by atoms with Crippen LogP contribution in [0.5, 0.6) is 17.5 Å². The lowest BCUT2D eigenvalue weighted by Gasteiger charge is -2.08. The number of nitrogens with zero attached hydrogens (tertiary/aromatic N) is 2. The Kier molecular flexibility index (Phi) is 6.77. The Bertz CT molecular complexity index is 1180. The van der Waals surface area contributed by atoms with Crippen LogP contribution in [0.2, 0.25) is 0 Å². The van der Waals surface area contributed by atoms with Gasteiger partial charge in [-0.15, -0.1) is 0 Å². The van der Waals surface area contributed by atoms with Crippen molar-refractivity contribution in [3.05, 3.63) is 101 Å². The Balaban J connectivity index is 1.36. The minimum absolute atomic E-state index is 0.126. The van der Waals surface area contributed by atoms with Crippen molar-refractivity contribution < 1.29 is 14.3 Å². The Morgan fingerprint density at radius 2 is 1.47 bits per heavy atom. The maximum absolute atomic E-state index is 12.4. The van der Waals surface area contributed by atoms with Crippen molar-refractivity contribution >= 4 is 21.8 Å². The molecule has 4 aromatic rings. The lowest BCUT2D eigenvalue weighted by atomic mass is 10.1. The number of methoxy groups -OCH3 is 1. The molecule has 0 radical (unpaired) electrons. The van der Waals surface area contributed by atoms with E-state index < -0.39 is 0 Å². The van der Waals surface area contributed by atoms with Gasteiger partial charge >= 0.3 is 6.01 Å². The third-order valence-corrected chi connectivity index (χ3v) is 5.27. The van der Waals surface area contributed by atoms with Crippen LogP contribution in [-0.2, 0) is 6.54 Å². The third-order valence-electron chi connectivity index (χ3n) is 4.74. The Morgan fingerprint density at radius 3 is 2.09 bits per heavy atom. The maximum atomic E-state index is 12.4. The van der Waals surface area contributed by atoms with Gasteiger partial charge in [-0.3, -0.25) is 4.79 Å². The van der Waals surface area contributed by atoms with Gasteiger partial charge in [-0.25, -0.2) is 9.97 Å². The fraction of sp³-hybridized carbons (Fsp3) is 0.0800. The molecular weight excluding hydrogens is 470 g/mol. The summed E-state index contributed by atoms with van der Waals surface area (Å²) in [6.45, 7) is 0.470. The lowest BCUT2D eigenvalue weighted by Crippen LogP contribution is -2.22. The van der Waals surface area contributed by atoms with Crippen molar-refractivity contribution in [2.75, 3.05) is 7.11 Å². The van der Waals surface area contributed by atoms with Crippen LogP contribution < -0.4 is 14.8 Å². The van der Waals surface area contributed by atoms with Crippen molar-refractivity contribution in [1.29, 1.82) is 0 Å². The molecule has 4 rings (SSSR count). The summed E-state index contributed by atoms with van der Waals surface area (Å²) in [7, 11) is 1.61. The summed E-state index contributed by atoms with van der Waals surface area (Å²) in [6, 6.07) is 22.6. The van der Waals surface area contributed by atoms with Gasteiger partial charge in [0.2, 0.25) is 0 Å². The van der Waals surface area contributed by atoms with Gasteiger partial charge in [0, 0.05) is 34.5 Å². The monoisotopic (exact) mass is 489 g/mol. The number of nitrogens with one attached hydrogen (secondary N) is 1. The molecule has 0 aliphatic heterocycles. The summed E-state index contributed by atoms with van der Waals surface area (Å²) < 4.78 is 11.8. The van der Waals surface area contributed by atoms with Crippen molar-refractivity contribution in [3.63, 3.8) is 0 Å². The van der Waals surface area contributed by atoms with Gasteiger partial charge in [-0.2, -0.15) is 0 Å². The van der Waals surface area contributed by atoms with Gasteiger partial charge in [-0.05, 0) is 59.7 Å². The Morgan fingerprint density at radius 1 is 0.844 bits per heavy atom. The summed E-state index contributed by atoms with van der Waals surface area (Å²) >= 11 is 3.40. The van der Waals surface area contributed by atoms with Crippen molar-refractivity contribution in [2.45, 2.75) is 6.54 Å². The van der Waals surface area contributed by atoms with E-state index >= 15 is 0 Å². The Hall–Kier alpha value is -3.71. The smallest absolute Gasteiger partial charge is 0.321 e. The number of amides is 1.